The van der Waals surface area contributed by atoms with Crippen molar-refractivity contribution in [1.82, 2.24) is 4.98 Å². The Kier molecular flexibility index (Phi) is 3.92. The van der Waals surface area contributed by atoms with Crippen LogP contribution < -0.4 is 4.90 Å². The Balaban J connectivity index is 1.88. The molecule has 1 fully saturated rings. The molecule has 1 aromatic carbocycles. The molecule has 0 N–H and O–H groups in total. The van der Waals surface area contributed by atoms with Crippen molar-refractivity contribution in [3.05, 3.63) is 47.9 Å². The molecular weight excluding hydrogens is 271 g/mol. The predicted octanol–water partition coefficient (Wildman–Crippen LogP) is 2.54. The molecule has 4 nitrogen and oxygen atoms in total. The molecule has 3 rings (SSSR count). The van der Waals surface area contributed by atoms with Crippen LogP contribution in [0.3, 0.4) is 0 Å². The molecule has 2 heterocycles. The Morgan fingerprint density at radius 2 is 2.00 bits per heavy atom. The Hall–Kier alpha value is -2.27. The maximum atomic E-state index is 14.1. The molecule has 0 bridgehead atoms. The molecule has 0 saturated carbocycles. The largest absolute Gasteiger partial charge is 0.378 e. The van der Waals surface area contributed by atoms with Crippen LogP contribution in [0.15, 0.2) is 36.5 Å². The lowest BCUT2D eigenvalue weighted by atomic mass is 10.0. The first-order chi connectivity index (χ1) is 10.3. The van der Waals surface area contributed by atoms with E-state index in [9.17, 15) is 9.18 Å². The molecule has 1 aromatic heterocycles. The maximum Gasteiger partial charge on any atom is 0.153 e. The van der Waals surface area contributed by atoms with Gasteiger partial charge in [-0.1, -0.05) is 12.1 Å². The fraction of sp³-hybridized carbons (Fsp3) is 0.250. The zero-order valence-electron chi connectivity index (χ0n) is 11.5. The topological polar surface area (TPSA) is 42.4 Å². The van der Waals surface area contributed by atoms with Gasteiger partial charge < -0.3 is 9.64 Å². The summed E-state index contributed by atoms with van der Waals surface area (Å²) in [6, 6.07) is 8.46. The molecule has 1 aliphatic heterocycles. The van der Waals surface area contributed by atoms with Gasteiger partial charge in [0.05, 0.1) is 18.8 Å². The van der Waals surface area contributed by atoms with Crippen molar-refractivity contribution in [2.24, 2.45) is 0 Å². The molecule has 0 atom stereocenters. The first kappa shape index (κ1) is 13.7. The van der Waals surface area contributed by atoms with Gasteiger partial charge in [-0.15, -0.1) is 0 Å². The number of carbonyl (C=O) groups is 1. The van der Waals surface area contributed by atoms with Gasteiger partial charge in [0.2, 0.25) is 0 Å². The second kappa shape index (κ2) is 6.01. The summed E-state index contributed by atoms with van der Waals surface area (Å²) in [5, 5.41) is 0. The molecule has 0 amide bonds. The van der Waals surface area contributed by atoms with E-state index in [1.54, 1.807) is 18.3 Å². The summed E-state index contributed by atoms with van der Waals surface area (Å²) in [4.78, 5) is 17.3. The SMILES string of the molecule is O=Cc1cccc(-c2ccc(N3CCOCC3)nc2)c1F. The predicted molar refractivity (Wildman–Crippen MR) is 78.1 cm³/mol. The number of hydrogen-bond donors (Lipinski definition) is 0. The van der Waals surface area contributed by atoms with E-state index in [0.29, 0.717) is 30.6 Å². The quantitative estimate of drug-likeness (QED) is 0.813. The van der Waals surface area contributed by atoms with Crippen LogP contribution in [0.1, 0.15) is 10.4 Å². The van der Waals surface area contributed by atoms with Crippen molar-refractivity contribution in [2.75, 3.05) is 31.2 Å². The van der Waals surface area contributed by atoms with Gasteiger partial charge in [-0.05, 0) is 18.2 Å². The molecule has 0 unspecified atom stereocenters. The van der Waals surface area contributed by atoms with Crippen LogP contribution >= 0.6 is 0 Å². The van der Waals surface area contributed by atoms with Gasteiger partial charge in [0, 0.05) is 30.4 Å². The van der Waals surface area contributed by atoms with Gasteiger partial charge in [-0.25, -0.2) is 9.37 Å². The summed E-state index contributed by atoms with van der Waals surface area (Å²) in [7, 11) is 0. The summed E-state index contributed by atoms with van der Waals surface area (Å²) in [5.41, 5.74) is 1.11. The number of halogens is 1. The molecule has 21 heavy (non-hydrogen) atoms. The number of aldehydes is 1. The van der Waals surface area contributed by atoms with Gasteiger partial charge >= 0.3 is 0 Å². The highest BCUT2D eigenvalue weighted by atomic mass is 19.1. The van der Waals surface area contributed by atoms with E-state index in [4.69, 9.17) is 4.74 Å². The van der Waals surface area contributed by atoms with E-state index in [1.807, 2.05) is 12.1 Å². The third kappa shape index (κ3) is 2.78. The van der Waals surface area contributed by atoms with Crippen molar-refractivity contribution in [2.45, 2.75) is 0 Å². The number of pyridine rings is 1. The Bertz CT molecular complexity index is 637. The van der Waals surface area contributed by atoms with Crippen LogP contribution in [0.2, 0.25) is 0 Å². The molecule has 1 aliphatic rings. The fourth-order valence-electron chi connectivity index (χ4n) is 2.39. The Morgan fingerprint density at radius 3 is 2.67 bits per heavy atom. The van der Waals surface area contributed by atoms with E-state index < -0.39 is 5.82 Å². The summed E-state index contributed by atoms with van der Waals surface area (Å²) in [6.07, 6.45) is 2.16. The maximum absolute atomic E-state index is 14.1. The second-order valence-corrected chi connectivity index (χ2v) is 4.83. The van der Waals surface area contributed by atoms with Crippen LogP contribution in [0, 0.1) is 5.82 Å². The van der Waals surface area contributed by atoms with E-state index in [1.165, 1.54) is 6.07 Å². The minimum atomic E-state index is -0.506. The Labute approximate surface area is 122 Å². The van der Waals surface area contributed by atoms with Crippen LogP contribution in [0.25, 0.3) is 11.1 Å². The van der Waals surface area contributed by atoms with Gasteiger partial charge in [-0.3, -0.25) is 4.79 Å². The highest BCUT2D eigenvalue weighted by Crippen LogP contribution is 2.25. The van der Waals surface area contributed by atoms with Crippen LogP contribution in [0.4, 0.5) is 10.2 Å². The lowest BCUT2D eigenvalue weighted by Gasteiger charge is -2.27. The first-order valence-corrected chi connectivity index (χ1v) is 6.82. The number of aromatic nitrogens is 1. The molecule has 0 aliphatic carbocycles. The number of morpholine rings is 1. The Morgan fingerprint density at radius 1 is 1.19 bits per heavy atom. The minimum Gasteiger partial charge on any atom is -0.378 e. The average Bonchev–Trinajstić information content (AvgIpc) is 2.56. The number of hydrogen-bond acceptors (Lipinski definition) is 4. The van der Waals surface area contributed by atoms with Crippen molar-refractivity contribution in [3.8, 4) is 11.1 Å². The number of ether oxygens (including phenoxy) is 1. The smallest absolute Gasteiger partial charge is 0.153 e. The van der Waals surface area contributed by atoms with Crippen molar-refractivity contribution >= 4 is 12.1 Å². The number of rotatable bonds is 3. The number of carbonyl (C=O) groups excluding carboxylic acids is 1. The van der Waals surface area contributed by atoms with E-state index >= 15 is 0 Å². The molecule has 0 radical (unpaired) electrons. The summed E-state index contributed by atoms with van der Waals surface area (Å²) in [6.45, 7) is 3.00. The number of nitrogens with zero attached hydrogens (tertiary/aromatic N) is 2. The van der Waals surface area contributed by atoms with Gasteiger partial charge in [0.15, 0.2) is 6.29 Å². The van der Waals surface area contributed by atoms with Crippen molar-refractivity contribution in [3.63, 3.8) is 0 Å². The highest BCUT2D eigenvalue weighted by Gasteiger charge is 2.13. The minimum absolute atomic E-state index is 0.0600. The van der Waals surface area contributed by atoms with Crippen molar-refractivity contribution in [1.29, 1.82) is 0 Å². The molecule has 2 aromatic rings. The molecule has 1 saturated heterocycles. The third-order valence-corrected chi connectivity index (χ3v) is 3.55. The van der Waals surface area contributed by atoms with Gasteiger partial charge in [-0.2, -0.15) is 0 Å². The fourth-order valence-corrected chi connectivity index (χ4v) is 2.39. The zero-order chi connectivity index (χ0) is 14.7. The summed E-state index contributed by atoms with van der Waals surface area (Å²) in [5.74, 6) is 0.349. The molecule has 0 spiro atoms. The monoisotopic (exact) mass is 286 g/mol. The lowest BCUT2D eigenvalue weighted by Crippen LogP contribution is -2.36. The lowest BCUT2D eigenvalue weighted by molar-refractivity contribution is 0.112. The standard InChI is InChI=1S/C16H15FN2O2/c17-16-13(11-20)2-1-3-14(16)12-4-5-15(18-10-12)19-6-8-21-9-7-19/h1-5,10-11H,6-9H2. The molecule has 108 valence electrons. The van der Waals surface area contributed by atoms with Gasteiger partial charge in [0.25, 0.3) is 0 Å². The van der Waals surface area contributed by atoms with Crippen LogP contribution in [-0.2, 0) is 4.74 Å². The average molecular weight is 286 g/mol. The number of benzene rings is 1. The second-order valence-electron chi connectivity index (χ2n) is 4.83. The molecular formula is C16H15FN2O2. The highest BCUT2D eigenvalue weighted by molar-refractivity contribution is 5.79. The van der Waals surface area contributed by atoms with Crippen LogP contribution in [-0.4, -0.2) is 37.6 Å². The summed E-state index contributed by atoms with van der Waals surface area (Å²) < 4.78 is 19.4. The third-order valence-electron chi connectivity index (χ3n) is 3.55. The normalized spacial score (nSPS) is 15.0. The van der Waals surface area contributed by atoms with E-state index in [-0.39, 0.29) is 5.56 Å². The van der Waals surface area contributed by atoms with E-state index in [0.717, 1.165) is 18.9 Å². The van der Waals surface area contributed by atoms with E-state index in [2.05, 4.69) is 9.88 Å². The van der Waals surface area contributed by atoms with Crippen molar-refractivity contribution < 1.29 is 13.9 Å². The zero-order valence-corrected chi connectivity index (χ0v) is 11.5. The van der Waals surface area contributed by atoms with Crippen LogP contribution in [0.5, 0.6) is 0 Å². The first-order valence-electron chi connectivity index (χ1n) is 6.82. The van der Waals surface area contributed by atoms with Gasteiger partial charge in [0.1, 0.15) is 11.6 Å². The number of anilines is 1. The summed E-state index contributed by atoms with van der Waals surface area (Å²) >= 11 is 0. The molecule has 5 heteroatoms.